The summed E-state index contributed by atoms with van der Waals surface area (Å²) >= 11 is 0. The van der Waals surface area contributed by atoms with Crippen LogP contribution in [0.4, 0.5) is 0 Å². The minimum Gasteiger partial charge on any atom is -0.308 e. The van der Waals surface area contributed by atoms with Crippen LogP contribution in [0.5, 0.6) is 0 Å². The number of aromatic nitrogens is 1. The molecular formula is C16H28N2. The van der Waals surface area contributed by atoms with Crippen LogP contribution in [0.2, 0.25) is 0 Å². The molecule has 1 heterocycles. The SMILES string of the molecule is CCCCCC(C)(C)CNC(C)c1ccccn1. The molecule has 2 heteroatoms. The van der Waals surface area contributed by atoms with Crippen LogP contribution in [0.3, 0.4) is 0 Å². The van der Waals surface area contributed by atoms with E-state index in [2.05, 4.69) is 44.1 Å². The lowest BCUT2D eigenvalue weighted by atomic mass is 9.86. The molecular weight excluding hydrogens is 220 g/mol. The quantitative estimate of drug-likeness (QED) is 0.692. The largest absolute Gasteiger partial charge is 0.308 e. The van der Waals surface area contributed by atoms with Gasteiger partial charge in [0.15, 0.2) is 0 Å². The molecule has 0 amide bonds. The van der Waals surface area contributed by atoms with Crippen molar-refractivity contribution >= 4 is 0 Å². The molecule has 1 aromatic rings. The Balaban J connectivity index is 2.35. The first-order valence-corrected chi connectivity index (χ1v) is 7.19. The van der Waals surface area contributed by atoms with Crippen LogP contribution in [0.15, 0.2) is 24.4 Å². The van der Waals surface area contributed by atoms with E-state index in [9.17, 15) is 0 Å². The van der Waals surface area contributed by atoms with Gasteiger partial charge in [-0.1, -0.05) is 46.1 Å². The fourth-order valence-corrected chi connectivity index (χ4v) is 2.11. The van der Waals surface area contributed by atoms with Crippen molar-refractivity contribution in [3.05, 3.63) is 30.1 Å². The maximum absolute atomic E-state index is 4.39. The average Bonchev–Trinajstić information content (AvgIpc) is 2.37. The molecule has 0 spiro atoms. The Morgan fingerprint density at radius 1 is 1.28 bits per heavy atom. The zero-order valence-electron chi connectivity index (χ0n) is 12.4. The van der Waals surface area contributed by atoms with E-state index in [1.54, 1.807) is 0 Å². The van der Waals surface area contributed by atoms with E-state index < -0.39 is 0 Å². The Bertz CT molecular complexity index is 319. The van der Waals surface area contributed by atoms with Gasteiger partial charge in [-0.25, -0.2) is 0 Å². The lowest BCUT2D eigenvalue weighted by Crippen LogP contribution is -2.31. The normalized spacial score (nSPS) is 13.6. The predicted molar refractivity (Wildman–Crippen MR) is 78.6 cm³/mol. The van der Waals surface area contributed by atoms with E-state index in [0.717, 1.165) is 12.2 Å². The van der Waals surface area contributed by atoms with Crippen molar-refractivity contribution in [2.45, 2.75) is 59.4 Å². The summed E-state index contributed by atoms with van der Waals surface area (Å²) in [7, 11) is 0. The summed E-state index contributed by atoms with van der Waals surface area (Å²) in [6.07, 6.45) is 7.14. The van der Waals surface area contributed by atoms with E-state index >= 15 is 0 Å². The molecule has 2 nitrogen and oxygen atoms in total. The Labute approximate surface area is 112 Å². The second-order valence-electron chi connectivity index (χ2n) is 5.98. The van der Waals surface area contributed by atoms with E-state index in [4.69, 9.17) is 0 Å². The number of hydrogen-bond acceptors (Lipinski definition) is 2. The number of hydrogen-bond donors (Lipinski definition) is 1. The molecule has 0 aliphatic heterocycles. The monoisotopic (exact) mass is 248 g/mol. The zero-order valence-corrected chi connectivity index (χ0v) is 12.4. The Morgan fingerprint density at radius 3 is 2.67 bits per heavy atom. The summed E-state index contributed by atoms with van der Waals surface area (Å²) in [6, 6.07) is 6.43. The fourth-order valence-electron chi connectivity index (χ4n) is 2.11. The molecule has 0 saturated heterocycles. The topological polar surface area (TPSA) is 24.9 Å². The first-order chi connectivity index (χ1) is 8.55. The Hall–Kier alpha value is -0.890. The number of pyridine rings is 1. The number of unbranched alkanes of at least 4 members (excludes halogenated alkanes) is 2. The van der Waals surface area contributed by atoms with Gasteiger partial charge >= 0.3 is 0 Å². The minimum absolute atomic E-state index is 0.330. The molecule has 1 atom stereocenters. The lowest BCUT2D eigenvalue weighted by Gasteiger charge is -2.27. The van der Waals surface area contributed by atoms with E-state index in [1.165, 1.54) is 25.7 Å². The van der Waals surface area contributed by atoms with Crippen LogP contribution in [0, 0.1) is 5.41 Å². The van der Waals surface area contributed by atoms with Gasteiger partial charge in [-0.15, -0.1) is 0 Å². The third kappa shape index (κ3) is 5.63. The summed E-state index contributed by atoms with van der Waals surface area (Å²) in [4.78, 5) is 4.39. The minimum atomic E-state index is 0.330. The molecule has 0 aliphatic carbocycles. The molecule has 0 radical (unpaired) electrons. The van der Waals surface area contributed by atoms with Crippen molar-refractivity contribution in [1.82, 2.24) is 10.3 Å². The highest BCUT2D eigenvalue weighted by atomic mass is 14.9. The standard InChI is InChI=1S/C16H28N2/c1-5-6-8-11-16(3,4)13-18-14(2)15-10-7-9-12-17-15/h7,9-10,12,14,18H,5-6,8,11,13H2,1-4H3. The Kier molecular flexibility index (Phi) is 6.34. The molecule has 1 unspecified atom stereocenters. The average molecular weight is 248 g/mol. The summed E-state index contributed by atoms with van der Waals surface area (Å²) in [5, 5.41) is 3.60. The van der Waals surface area contributed by atoms with Crippen molar-refractivity contribution in [3.8, 4) is 0 Å². The van der Waals surface area contributed by atoms with Gasteiger partial charge in [-0.05, 0) is 30.9 Å². The van der Waals surface area contributed by atoms with Crippen LogP contribution < -0.4 is 5.32 Å². The second-order valence-corrected chi connectivity index (χ2v) is 5.98. The van der Waals surface area contributed by atoms with Crippen LogP contribution >= 0.6 is 0 Å². The highest BCUT2D eigenvalue weighted by Gasteiger charge is 2.18. The van der Waals surface area contributed by atoms with E-state index in [1.807, 2.05) is 18.3 Å². The highest BCUT2D eigenvalue weighted by Crippen LogP contribution is 2.23. The van der Waals surface area contributed by atoms with E-state index in [0.29, 0.717) is 11.5 Å². The van der Waals surface area contributed by atoms with Gasteiger partial charge < -0.3 is 5.32 Å². The van der Waals surface area contributed by atoms with Gasteiger partial charge in [0.25, 0.3) is 0 Å². The van der Waals surface area contributed by atoms with Gasteiger partial charge in [0.1, 0.15) is 0 Å². The molecule has 1 aromatic heterocycles. The summed E-state index contributed by atoms with van der Waals surface area (Å²) < 4.78 is 0. The van der Waals surface area contributed by atoms with Gasteiger partial charge in [-0.2, -0.15) is 0 Å². The molecule has 0 aliphatic rings. The molecule has 102 valence electrons. The lowest BCUT2D eigenvalue weighted by molar-refractivity contribution is 0.290. The zero-order chi connectivity index (χ0) is 13.4. The first kappa shape index (κ1) is 15.2. The van der Waals surface area contributed by atoms with Crippen LogP contribution in [-0.2, 0) is 0 Å². The summed E-state index contributed by atoms with van der Waals surface area (Å²) in [5.74, 6) is 0. The van der Waals surface area contributed by atoms with Crippen LogP contribution in [-0.4, -0.2) is 11.5 Å². The number of nitrogens with one attached hydrogen (secondary N) is 1. The van der Waals surface area contributed by atoms with Crippen molar-refractivity contribution in [3.63, 3.8) is 0 Å². The first-order valence-electron chi connectivity index (χ1n) is 7.19. The Morgan fingerprint density at radius 2 is 2.06 bits per heavy atom. The molecule has 0 saturated carbocycles. The summed E-state index contributed by atoms with van der Waals surface area (Å²) in [6.45, 7) is 10.2. The molecule has 0 bridgehead atoms. The van der Waals surface area contributed by atoms with E-state index in [-0.39, 0.29) is 0 Å². The van der Waals surface area contributed by atoms with Crippen molar-refractivity contribution in [2.75, 3.05) is 6.54 Å². The predicted octanol–water partition coefficient (Wildman–Crippen LogP) is 4.34. The number of rotatable bonds is 8. The van der Waals surface area contributed by atoms with Gasteiger partial charge in [0, 0.05) is 18.8 Å². The van der Waals surface area contributed by atoms with Crippen molar-refractivity contribution < 1.29 is 0 Å². The fraction of sp³-hybridized carbons (Fsp3) is 0.688. The highest BCUT2D eigenvalue weighted by molar-refractivity contribution is 5.07. The van der Waals surface area contributed by atoms with Gasteiger partial charge in [-0.3, -0.25) is 4.98 Å². The molecule has 1 rings (SSSR count). The summed E-state index contributed by atoms with van der Waals surface area (Å²) in [5.41, 5.74) is 1.50. The molecule has 0 aromatic carbocycles. The van der Waals surface area contributed by atoms with Gasteiger partial charge in [0.05, 0.1) is 5.69 Å². The second kappa shape index (κ2) is 7.52. The van der Waals surface area contributed by atoms with Gasteiger partial charge in [0.2, 0.25) is 0 Å². The van der Waals surface area contributed by atoms with Crippen LogP contribution in [0.1, 0.15) is 65.1 Å². The smallest absolute Gasteiger partial charge is 0.0570 e. The van der Waals surface area contributed by atoms with Crippen LogP contribution in [0.25, 0.3) is 0 Å². The maximum Gasteiger partial charge on any atom is 0.0570 e. The number of nitrogens with zero attached hydrogens (tertiary/aromatic N) is 1. The third-order valence-electron chi connectivity index (χ3n) is 3.48. The molecule has 1 N–H and O–H groups in total. The molecule has 18 heavy (non-hydrogen) atoms. The van der Waals surface area contributed by atoms with Crippen molar-refractivity contribution in [2.24, 2.45) is 5.41 Å². The maximum atomic E-state index is 4.39. The third-order valence-corrected chi connectivity index (χ3v) is 3.48. The molecule has 0 fully saturated rings. The van der Waals surface area contributed by atoms with Crippen molar-refractivity contribution in [1.29, 1.82) is 0 Å².